The Morgan fingerprint density at radius 2 is 2.26 bits per heavy atom. The minimum absolute atomic E-state index is 0.200. The number of unbranched alkanes of at least 4 members (excludes halogenated alkanes) is 1. The topological polar surface area (TPSA) is 78.8 Å². The number of aliphatic hydroxyl groups is 1. The Balaban J connectivity index is 2.07. The molecule has 1 rings (SSSR count). The number of rotatable bonds is 10. The maximum atomic E-state index is 11.0. The van der Waals surface area contributed by atoms with Crippen molar-refractivity contribution < 1.29 is 19.7 Å². The molecule has 19 heavy (non-hydrogen) atoms. The highest BCUT2D eigenvalue weighted by Gasteiger charge is 2.32. The van der Waals surface area contributed by atoms with Gasteiger partial charge in [-0.25, -0.2) is 0 Å². The Bertz CT molecular complexity index is 260. The molecule has 1 saturated carbocycles. The molecule has 3 atom stereocenters. The highest BCUT2D eigenvalue weighted by molar-refractivity contribution is 5.70. The lowest BCUT2D eigenvalue weighted by molar-refractivity contribution is -0.142. The lowest BCUT2D eigenvalue weighted by Gasteiger charge is -2.18. The van der Waals surface area contributed by atoms with Crippen LogP contribution in [-0.4, -0.2) is 48.6 Å². The van der Waals surface area contributed by atoms with Crippen molar-refractivity contribution in [3.05, 3.63) is 0 Å². The fraction of sp³-hybridized carbons (Fsp3) is 0.929. The van der Waals surface area contributed by atoms with Crippen LogP contribution in [0.25, 0.3) is 0 Å². The van der Waals surface area contributed by atoms with Gasteiger partial charge in [0, 0.05) is 13.2 Å². The maximum absolute atomic E-state index is 11.0. The van der Waals surface area contributed by atoms with Crippen molar-refractivity contribution >= 4 is 5.97 Å². The third-order valence-corrected chi connectivity index (χ3v) is 3.72. The SMILES string of the molecule is CCCCOCC(O)CNCC1CCCC1C(=O)O. The van der Waals surface area contributed by atoms with Crippen molar-refractivity contribution in [2.75, 3.05) is 26.3 Å². The molecule has 0 bridgehead atoms. The van der Waals surface area contributed by atoms with Crippen molar-refractivity contribution in [3.63, 3.8) is 0 Å². The summed E-state index contributed by atoms with van der Waals surface area (Å²) < 4.78 is 5.33. The first-order chi connectivity index (χ1) is 9.15. The second-order valence-corrected chi connectivity index (χ2v) is 5.38. The monoisotopic (exact) mass is 273 g/mol. The van der Waals surface area contributed by atoms with Gasteiger partial charge in [0.1, 0.15) is 0 Å². The van der Waals surface area contributed by atoms with Crippen molar-refractivity contribution in [2.24, 2.45) is 11.8 Å². The standard InChI is InChI=1S/C14H27NO4/c1-2-3-7-19-10-12(16)9-15-8-11-5-4-6-13(11)14(17)18/h11-13,15-16H,2-10H2,1H3,(H,17,18). The predicted octanol–water partition coefficient (Wildman–Crippen LogP) is 1.25. The number of carboxylic acid groups (broad SMARTS) is 1. The van der Waals surface area contributed by atoms with Gasteiger partial charge in [0.25, 0.3) is 0 Å². The van der Waals surface area contributed by atoms with Gasteiger partial charge in [0.15, 0.2) is 0 Å². The Hall–Kier alpha value is -0.650. The van der Waals surface area contributed by atoms with Crippen LogP contribution in [0, 0.1) is 11.8 Å². The van der Waals surface area contributed by atoms with Crippen molar-refractivity contribution in [1.29, 1.82) is 0 Å². The molecule has 3 N–H and O–H groups in total. The van der Waals surface area contributed by atoms with E-state index in [0.717, 1.165) is 32.1 Å². The first-order valence-electron chi connectivity index (χ1n) is 7.34. The van der Waals surface area contributed by atoms with Gasteiger partial charge >= 0.3 is 5.97 Å². The van der Waals surface area contributed by atoms with Crippen molar-refractivity contribution in [3.8, 4) is 0 Å². The molecule has 5 nitrogen and oxygen atoms in total. The van der Waals surface area contributed by atoms with Crippen LogP contribution >= 0.6 is 0 Å². The molecule has 0 aromatic carbocycles. The van der Waals surface area contributed by atoms with Gasteiger partial charge in [-0.2, -0.15) is 0 Å². The van der Waals surface area contributed by atoms with Crippen LogP contribution in [0.3, 0.4) is 0 Å². The van der Waals surface area contributed by atoms with Crippen LogP contribution in [0.1, 0.15) is 39.0 Å². The molecule has 0 heterocycles. The van der Waals surface area contributed by atoms with Gasteiger partial charge < -0.3 is 20.3 Å². The molecular formula is C14H27NO4. The molecule has 0 saturated heterocycles. The Labute approximate surface area is 115 Å². The number of ether oxygens (including phenoxy) is 1. The molecule has 112 valence electrons. The van der Waals surface area contributed by atoms with E-state index in [1.807, 2.05) is 0 Å². The molecule has 0 spiro atoms. The second kappa shape index (κ2) is 9.28. The molecule has 0 radical (unpaired) electrons. The van der Waals surface area contributed by atoms with Crippen LogP contribution in [-0.2, 0) is 9.53 Å². The molecule has 5 heteroatoms. The Kier molecular flexibility index (Phi) is 8.02. The summed E-state index contributed by atoms with van der Waals surface area (Å²) in [5.41, 5.74) is 0. The molecule has 3 unspecified atom stereocenters. The van der Waals surface area contributed by atoms with Crippen LogP contribution < -0.4 is 5.32 Å². The fourth-order valence-electron chi connectivity index (χ4n) is 2.57. The first kappa shape index (κ1) is 16.4. The quantitative estimate of drug-likeness (QED) is 0.522. The molecule has 0 aromatic rings. The summed E-state index contributed by atoms with van der Waals surface area (Å²) in [7, 11) is 0. The summed E-state index contributed by atoms with van der Waals surface area (Å²) >= 11 is 0. The number of carbonyl (C=O) groups is 1. The number of nitrogens with one attached hydrogen (secondary N) is 1. The van der Waals surface area contributed by atoms with Crippen LogP contribution in [0.2, 0.25) is 0 Å². The van der Waals surface area contributed by atoms with E-state index >= 15 is 0 Å². The molecule has 1 fully saturated rings. The molecule has 0 amide bonds. The van der Waals surface area contributed by atoms with E-state index in [0.29, 0.717) is 26.3 Å². The maximum Gasteiger partial charge on any atom is 0.306 e. The van der Waals surface area contributed by atoms with Gasteiger partial charge in [-0.3, -0.25) is 4.79 Å². The second-order valence-electron chi connectivity index (χ2n) is 5.38. The normalized spacial score (nSPS) is 24.5. The summed E-state index contributed by atoms with van der Waals surface area (Å²) in [5.74, 6) is -0.705. The predicted molar refractivity (Wildman–Crippen MR) is 73.1 cm³/mol. The smallest absolute Gasteiger partial charge is 0.306 e. The average Bonchev–Trinajstić information content (AvgIpc) is 2.83. The van der Waals surface area contributed by atoms with Gasteiger partial charge in [0.05, 0.1) is 18.6 Å². The third kappa shape index (κ3) is 6.36. The first-order valence-corrected chi connectivity index (χ1v) is 7.34. The lowest BCUT2D eigenvalue weighted by Crippen LogP contribution is -2.35. The summed E-state index contributed by atoms with van der Waals surface area (Å²) in [6, 6.07) is 0. The minimum Gasteiger partial charge on any atom is -0.481 e. The number of hydrogen-bond donors (Lipinski definition) is 3. The zero-order chi connectivity index (χ0) is 14.1. The average molecular weight is 273 g/mol. The Morgan fingerprint density at radius 3 is 2.95 bits per heavy atom. The van der Waals surface area contributed by atoms with Crippen molar-refractivity contribution in [2.45, 2.75) is 45.1 Å². The number of aliphatic hydroxyl groups excluding tert-OH is 1. The molecule has 0 aromatic heterocycles. The largest absolute Gasteiger partial charge is 0.481 e. The van der Waals surface area contributed by atoms with Crippen molar-refractivity contribution in [1.82, 2.24) is 5.32 Å². The molecule has 0 aliphatic heterocycles. The summed E-state index contributed by atoms with van der Waals surface area (Å²) in [6.45, 7) is 4.27. The highest BCUT2D eigenvalue weighted by Crippen LogP contribution is 2.31. The number of carboxylic acids is 1. The Morgan fingerprint density at radius 1 is 1.47 bits per heavy atom. The van der Waals surface area contributed by atoms with E-state index in [4.69, 9.17) is 9.84 Å². The van der Waals surface area contributed by atoms with Crippen LogP contribution in [0.4, 0.5) is 0 Å². The van der Waals surface area contributed by atoms with E-state index in [1.165, 1.54) is 0 Å². The van der Waals surface area contributed by atoms with Gasteiger partial charge in [-0.05, 0) is 31.7 Å². The van der Waals surface area contributed by atoms with Gasteiger partial charge in [-0.1, -0.05) is 19.8 Å². The van der Waals surface area contributed by atoms with Gasteiger partial charge in [0.2, 0.25) is 0 Å². The van der Waals surface area contributed by atoms with E-state index in [2.05, 4.69) is 12.2 Å². The van der Waals surface area contributed by atoms with Crippen LogP contribution in [0.15, 0.2) is 0 Å². The molecular weight excluding hydrogens is 246 g/mol. The lowest BCUT2D eigenvalue weighted by atomic mass is 9.96. The van der Waals surface area contributed by atoms with Gasteiger partial charge in [-0.15, -0.1) is 0 Å². The fourth-order valence-corrected chi connectivity index (χ4v) is 2.57. The van der Waals surface area contributed by atoms with E-state index in [-0.39, 0.29) is 11.8 Å². The molecule has 1 aliphatic carbocycles. The van der Waals surface area contributed by atoms with E-state index in [1.54, 1.807) is 0 Å². The number of hydrogen-bond acceptors (Lipinski definition) is 4. The van der Waals surface area contributed by atoms with E-state index < -0.39 is 12.1 Å². The highest BCUT2D eigenvalue weighted by atomic mass is 16.5. The molecule has 1 aliphatic rings. The zero-order valence-electron chi connectivity index (χ0n) is 11.8. The summed E-state index contributed by atoms with van der Waals surface area (Å²) in [4.78, 5) is 11.0. The summed E-state index contributed by atoms with van der Waals surface area (Å²) in [6.07, 6.45) is 4.33. The summed E-state index contributed by atoms with van der Waals surface area (Å²) in [5, 5.41) is 21.9. The van der Waals surface area contributed by atoms with Crippen LogP contribution in [0.5, 0.6) is 0 Å². The number of aliphatic carboxylic acids is 1. The third-order valence-electron chi connectivity index (χ3n) is 3.72. The van der Waals surface area contributed by atoms with E-state index in [9.17, 15) is 9.90 Å². The minimum atomic E-state index is -0.687. The zero-order valence-corrected chi connectivity index (χ0v) is 11.8.